The Bertz CT molecular complexity index is 356. The quantitative estimate of drug-likeness (QED) is 0.864. The Labute approximate surface area is 106 Å². The molecule has 1 heterocycles. The molecular formula is C13H20N2OS. The Hall–Kier alpha value is -0.870. The normalized spacial score (nSPS) is 20.1. The van der Waals surface area contributed by atoms with Gasteiger partial charge in [-0.3, -0.25) is 4.79 Å². The number of thiophene rings is 1. The molecule has 94 valence electrons. The first-order valence-corrected chi connectivity index (χ1v) is 7.16. The zero-order valence-corrected chi connectivity index (χ0v) is 11.0. The van der Waals surface area contributed by atoms with Gasteiger partial charge in [0.2, 0.25) is 5.91 Å². The van der Waals surface area contributed by atoms with Crippen molar-refractivity contribution in [2.45, 2.75) is 44.7 Å². The van der Waals surface area contributed by atoms with E-state index >= 15 is 0 Å². The number of carbonyl (C=O) groups excluding carboxylic acids is 1. The Morgan fingerprint density at radius 2 is 2.24 bits per heavy atom. The molecule has 2 atom stereocenters. The van der Waals surface area contributed by atoms with Crippen LogP contribution < -0.4 is 11.1 Å². The molecule has 1 aliphatic rings. The van der Waals surface area contributed by atoms with Crippen molar-refractivity contribution in [1.29, 1.82) is 0 Å². The topological polar surface area (TPSA) is 55.1 Å². The summed E-state index contributed by atoms with van der Waals surface area (Å²) in [6.07, 6.45) is 4.98. The maximum Gasteiger partial charge on any atom is 0.237 e. The lowest BCUT2D eigenvalue weighted by atomic mass is 9.96. The van der Waals surface area contributed by atoms with Crippen molar-refractivity contribution in [3.63, 3.8) is 0 Å². The lowest BCUT2D eigenvalue weighted by Crippen LogP contribution is -2.41. The predicted octanol–water partition coefficient (Wildman–Crippen LogP) is 2.44. The van der Waals surface area contributed by atoms with Crippen LogP contribution in [0.2, 0.25) is 0 Å². The monoisotopic (exact) mass is 252 g/mol. The number of nitrogens with two attached hydrogens (primary N) is 1. The molecule has 1 saturated carbocycles. The van der Waals surface area contributed by atoms with Crippen LogP contribution in [-0.2, 0) is 4.79 Å². The lowest BCUT2D eigenvalue weighted by molar-refractivity contribution is -0.123. The molecule has 0 aliphatic heterocycles. The molecule has 1 amide bonds. The summed E-state index contributed by atoms with van der Waals surface area (Å²) in [5.41, 5.74) is 5.63. The van der Waals surface area contributed by atoms with E-state index in [9.17, 15) is 4.79 Å². The van der Waals surface area contributed by atoms with Crippen LogP contribution in [0.15, 0.2) is 17.5 Å². The minimum atomic E-state index is -0.432. The number of carbonyl (C=O) groups is 1. The zero-order valence-electron chi connectivity index (χ0n) is 10.2. The molecule has 0 aromatic carbocycles. The third-order valence-corrected chi connectivity index (χ3v) is 4.39. The zero-order chi connectivity index (χ0) is 12.3. The summed E-state index contributed by atoms with van der Waals surface area (Å²) in [7, 11) is 0. The molecule has 1 aliphatic carbocycles. The van der Waals surface area contributed by atoms with Gasteiger partial charge >= 0.3 is 0 Å². The Balaban J connectivity index is 2.10. The summed E-state index contributed by atoms with van der Waals surface area (Å²) in [5.74, 6) is 0.534. The molecule has 3 N–H and O–H groups in total. The van der Waals surface area contributed by atoms with Crippen LogP contribution in [0.25, 0.3) is 0 Å². The van der Waals surface area contributed by atoms with Gasteiger partial charge in [0, 0.05) is 4.88 Å². The van der Waals surface area contributed by atoms with Crippen molar-refractivity contribution in [3.8, 4) is 0 Å². The highest BCUT2D eigenvalue weighted by molar-refractivity contribution is 7.10. The number of hydrogen-bond acceptors (Lipinski definition) is 3. The molecule has 4 heteroatoms. The molecule has 1 aromatic heterocycles. The van der Waals surface area contributed by atoms with Gasteiger partial charge in [-0.15, -0.1) is 11.3 Å². The summed E-state index contributed by atoms with van der Waals surface area (Å²) in [6.45, 7) is 1.73. The highest BCUT2D eigenvalue weighted by atomic mass is 32.1. The van der Waals surface area contributed by atoms with Gasteiger partial charge in [-0.25, -0.2) is 0 Å². The number of rotatable bonds is 4. The van der Waals surface area contributed by atoms with Gasteiger partial charge in [0.1, 0.15) is 0 Å². The standard InChI is InChI=1S/C13H20N2OS/c1-9(14)13(16)15-12(10-5-2-3-6-10)11-7-4-8-17-11/h4,7-10,12H,2-3,5-6,14H2,1H3,(H,15,16)/t9-,12?/m0/s1. The van der Waals surface area contributed by atoms with Gasteiger partial charge in [-0.1, -0.05) is 18.9 Å². The largest absolute Gasteiger partial charge is 0.347 e. The van der Waals surface area contributed by atoms with Crippen LogP contribution in [0.3, 0.4) is 0 Å². The first-order chi connectivity index (χ1) is 8.18. The van der Waals surface area contributed by atoms with Crippen molar-refractivity contribution in [3.05, 3.63) is 22.4 Å². The second-order valence-electron chi connectivity index (χ2n) is 4.83. The summed E-state index contributed by atoms with van der Waals surface area (Å²) in [6, 6.07) is 3.88. The van der Waals surface area contributed by atoms with E-state index in [-0.39, 0.29) is 11.9 Å². The molecule has 0 saturated heterocycles. The molecular weight excluding hydrogens is 232 g/mol. The van der Waals surface area contributed by atoms with Crippen LogP contribution in [0.5, 0.6) is 0 Å². The average Bonchev–Trinajstić information content (AvgIpc) is 2.98. The molecule has 2 rings (SSSR count). The van der Waals surface area contributed by atoms with Crippen molar-refractivity contribution in [2.75, 3.05) is 0 Å². The number of hydrogen-bond donors (Lipinski definition) is 2. The van der Waals surface area contributed by atoms with Crippen LogP contribution in [0, 0.1) is 5.92 Å². The fourth-order valence-electron chi connectivity index (χ4n) is 2.46. The number of amides is 1. The summed E-state index contributed by atoms with van der Waals surface area (Å²) in [5, 5.41) is 5.17. The molecule has 17 heavy (non-hydrogen) atoms. The van der Waals surface area contributed by atoms with Crippen molar-refractivity contribution >= 4 is 17.2 Å². The third-order valence-electron chi connectivity index (χ3n) is 3.43. The van der Waals surface area contributed by atoms with Gasteiger partial charge in [-0.2, -0.15) is 0 Å². The van der Waals surface area contributed by atoms with Crippen LogP contribution in [0.4, 0.5) is 0 Å². The highest BCUT2D eigenvalue weighted by Crippen LogP contribution is 2.37. The first-order valence-electron chi connectivity index (χ1n) is 6.28. The van der Waals surface area contributed by atoms with E-state index in [0.717, 1.165) is 0 Å². The van der Waals surface area contributed by atoms with Crippen LogP contribution in [-0.4, -0.2) is 11.9 Å². The van der Waals surface area contributed by atoms with E-state index in [0.29, 0.717) is 5.92 Å². The van der Waals surface area contributed by atoms with E-state index in [4.69, 9.17) is 5.73 Å². The van der Waals surface area contributed by atoms with E-state index in [1.165, 1.54) is 30.6 Å². The fourth-order valence-corrected chi connectivity index (χ4v) is 3.33. The lowest BCUT2D eigenvalue weighted by Gasteiger charge is -2.24. The minimum absolute atomic E-state index is 0.0460. The van der Waals surface area contributed by atoms with E-state index in [2.05, 4.69) is 16.8 Å². The summed E-state index contributed by atoms with van der Waals surface area (Å²) in [4.78, 5) is 13.0. The fraction of sp³-hybridized carbons (Fsp3) is 0.615. The average molecular weight is 252 g/mol. The maximum atomic E-state index is 11.8. The Morgan fingerprint density at radius 3 is 2.76 bits per heavy atom. The van der Waals surface area contributed by atoms with Gasteiger partial charge < -0.3 is 11.1 Å². The van der Waals surface area contributed by atoms with E-state index in [1.54, 1.807) is 18.3 Å². The Kier molecular flexibility index (Phi) is 4.18. The predicted molar refractivity (Wildman–Crippen MR) is 70.8 cm³/mol. The van der Waals surface area contributed by atoms with E-state index < -0.39 is 6.04 Å². The SMILES string of the molecule is C[C@H](N)C(=O)NC(c1cccs1)C1CCCC1. The molecule has 0 radical (unpaired) electrons. The molecule has 1 aromatic rings. The maximum absolute atomic E-state index is 11.8. The number of nitrogens with one attached hydrogen (secondary N) is 1. The second-order valence-corrected chi connectivity index (χ2v) is 5.81. The molecule has 1 unspecified atom stereocenters. The summed E-state index contributed by atoms with van der Waals surface area (Å²) < 4.78 is 0. The molecule has 1 fully saturated rings. The smallest absolute Gasteiger partial charge is 0.237 e. The molecule has 3 nitrogen and oxygen atoms in total. The first kappa shape index (κ1) is 12.6. The van der Waals surface area contributed by atoms with Crippen LogP contribution >= 0.6 is 11.3 Å². The molecule has 0 spiro atoms. The van der Waals surface area contributed by atoms with Crippen molar-refractivity contribution in [2.24, 2.45) is 11.7 Å². The Morgan fingerprint density at radius 1 is 1.53 bits per heavy atom. The van der Waals surface area contributed by atoms with E-state index in [1.807, 2.05) is 6.07 Å². The molecule has 0 bridgehead atoms. The highest BCUT2D eigenvalue weighted by Gasteiger charge is 2.28. The van der Waals surface area contributed by atoms with Gasteiger partial charge in [0.05, 0.1) is 12.1 Å². The summed E-state index contributed by atoms with van der Waals surface area (Å²) >= 11 is 1.72. The van der Waals surface area contributed by atoms with Gasteiger partial charge in [0.25, 0.3) is 0 Å². The van der Waals surface area contributed by atoms with Gasteiger partial charge in [-0.05, 0) is 37.1 Å². The third kappa shape index (κ3) is 3.07. The van der Waals surface area contributed by atoms with Gasteiger partial charge in [0.15, 0.2) is 0 Å². The van der Waals surface area contributed by atoms with Crippen LogP contribution in [0.1, 0.15) is 43.5 Å². The minimum Gasteiger partial charge on any atom is -0.347 e. The van der Waals surface area contributed by atoms with Crippen molar-refractivity contribution < 1.29 is 4.79 Å². The van der Waals surface area contributed by atoms with Crippen molar-refractivity contribution in [1.82, 2.24) is 5.32 Å². The second kappa shape index (κ2) is 5.65.